The molecule has 2 heterocycles. The van der Waals surface area contributed by atoms with Crippen molar-refractivity contribution in [2.75, 3.05) is 31.7 Å². The van der Waals surface area contributed by atoms with E-state index in [4.69, 9.17) is 4.74 Å². The van der Waals surface area contributed by atoms with E-state index in [0.717, 1.165) is 22.7 Å². The van der Waals surface area contributed by atoms with Crippen LogP contribution in [0.4, 0.5) is 0 Å². The Hall–Kier alpha value is -1.28. The maximum atomic E-state index is 12.4. The van der Waals surface area contributed by atoms with Gasteiger partial charge in [0.05, 0.1) is 12.9 Å². The van der Waals surface area contributed by atoms with Crippen LogP contribution in [0.1, 0.15) is 17.0 Å². The summed E-state index contributed by atoms with van der Waals surface area (Å²) in [4.78, 5) is 34.5. The molecule has 0 saturated carbocycles. The smallest absolute Gasteiger partial charge is 0.320 e. The Kier molecular flexibility index (Phi) is 6.29. The van der Waals surface area contributed by atoms with E-state index < -0.39 is 0 Å². The number of hydrogen-bond donors (Lipinski definition) is 0. The molecule has 0 aromatic carbocycles. The molecule has 0 unspecified atom stereocenters. The highest BCUT2D eigenvalue weighted by Crippen LogP contribution is 2.22. The summed E-state index contributed by atoms with van der Waals surface area (Å²) in [6.45, 7) is 6.94. The molecule has 0 radical (unpaired) electrons. The van der Waals surface area contributed by atoms with Gasteiger partial charge < -0.3 is 9.64 Å². The molecule has 0 spiro atoms. The maximum Gasteiger partial charge on any atom is 0.320 e. The van der Waals surface area contributed by atoms with E-state index in [0.29, 0.717) is 18.2 Å². The van der Waals surface area contributed by atoms with Gasteiger partial charge in [-0.05, 0) is 26.3 Å². The fourth-order valence-corrected chi connectivity index (χ4v) is 4.14. The van der Waals surface area contributed by atoms with E-state index in [9.17, 15) is 9.59 Å². The molecule has 1 saturated heterocycles. The van der Waals surface area contributed by atoms with Crippen LogP contribution in [0.5, 0.6) is 0 Å². The van der Waals surface area contributed by atoms with Gasteiger partial charge in [0.15, 0.2) is 5.16 Å². The SMILES string of the molecule is COC(=O)[C@@H]1CN(C(=O)CSc2nc(C)c(C)c(C)n2)CCS1. The lowest BCUT2D eigenvalue weighted by Crippen LogP contribution is -2.45. The molecule has 23 heavy (non-hydrogen) atoms. The van der Waals surface area contributed by atoms with Crippen molar-refractivity contribution in [3.8, 4) is 0 Å². The molecule has 1 aromatic rings. The number of esters is 1. The van der Waals surface area contributed by atoms with Crippen LogP contribution in [0.15, 0.2) is 5.16 Å². The number of rotatable bonds is 4. The van der Waals surface area contributed by atoms with Crippen molar-refractivity contribution in [1.82, 2.24) is 14.9 Å². The van der Waals surface area contributed by atoms with E-state index in [1.807, 2.05) is 20.8 Å². The Labute approximate surface area is 144 Å². The first-order valence-electron chi connectivity index (χ1n) is 7.34. The largest absolute Gasteiger partial charge is 0.468 e. The van der Waals surface area contributed by atoms with Crippen molar-refractivity contribution >= 4 is 35.4 Å². The topological polar surface area (TPSA) is 72.4 Å². The predicted octanol–water partition coefficient (Wildman–Crippen LogP) is 1.61. The van der Waals surface area contributed by atoms with E-state index in [1.165, 1.54) is 30.6 Å². The Morgan fingerprint density at radius 3 is 2.57 bits per heavy atom. The quantitative estimate of drug-likeness (QED) is 0.461. The number of hydrogen-bond acceptors (Lipinski definition) is 7. The molecule has 1 amide bonds. The Bertz CT molecular complexity index is 587. The van der Waals surface area contributed by atoms with E-state index >= 15 is 0 Å². The van der Waals surface area contributed by atoms with Crippen molar-refractivity contribution in [3.63, 3.8) is 0 Å². The van der Waals surface area contributed by atoms with E-state index in [1.54, 1.807) is 4.90 Å². The lowest BCUT2D eigenvalue weighted by molar-refractivity contribution is -0.141. The number of methoxy groups -OCH3 is 1. The van der Waals surface area contributed by atoms with Crippen molar-refractivity contribution in [2.45, 2.75) is 31.2 Å². The third-order valence-corrected chi connectivity index (χ3v) is 5.81. The molecule has 126 valence electrons. The molecule has 2 rings (SSSR count). The zero-order valence-corrected chi connectivity index (χ0v) is 15.4. The Morgan fingerprint density at radius 2 is 1.96 bits per heavy atom. The first-order chi connectivity index (χ1) is 10.9. The molecule has 1 aliphatic heterocycles. The summed E-state index contributed by atoms with van der Waals surface area (Å²) in [6.07, 6.45) is 0. The third kappa shape index (κ3) is 4.60. The van der Waals surface area contributed by atoms with Crippen molar-refractivity contribution in [2.24, 2.45) is 0 Å². The first-order valence-corrected chi connectivity index (χ1v) is 9.37. The summed E-state index contributed by atoms with van der Waals surface area (Å²) >= 11 is 2.88. The highest BCUT2D eigenvalue weighted by Gasteiger charge is 2.29. The van der Waals surface area contributed by atoms with Crippen molar-refractivity contribution in [3.05, 3.63) is 17.0 Å². The third-order valence-electron chi connectivity index (χ3n) is 3.82. The minimum atomic E-state index is -0.289. The van der Waals surface area contributed by atoms with Gasteiger partial charge >= 0.3 is 5.97 Å². The van der Waals surface area contributed by atoms with Gasteiger partial charge in [0.1, 0.15) is 5.25 Å². The second kappa shape index (κ2) is 8.01. The number of carbonyl (C=O) groups excluding carboxylic acids is 2. The van der Waals surface area contributed by atoms with Crippen LogP contribution in [0.25, 0.3) is 0 Å². The second-order valence-corrected chi connectivity index (χ2v) is 7.57. The number of aromatic nitrogens is 2. The minimum Gasteiger partial charge on any atom is -0.468 e. The Morgan fingerprint density at radius 1 is 1.30 bits per heavy atom. The number of aryl methyl sites for hydroxylation is 2. The van der Waals surface area contributed by atoms with Gasteiger partial charge in [-0.15, -0.1) is 11.8 Å². The summed E-state index contributed by atoms with van der Waals surface area (Å²) in [7, 11) is 1.37. The minimum absolute atomic E-state index is 0.00341. The second-order valence-electron chi connectivity index (χ2n) is 5.31. The number of nitrogens with zero attached hydrogens (tertiary/aromatic N) is 3. The number of thioether (sulfide) groups is 2. The van der Waals surface area contributed by atoms with Gasteiger partial charge in [0, 0.05) is 30.2 Å². The van der Waals surface area contributed by atoms with Crippen LogP contribution < -0.4 is 0 Å². The van der Waals surface area contributed by atoms with Crippen LogP contribution in [0.2, 0.25) is 0 Å². The summed E-state index contributed by atoms with van der Waals surface area (Å²) in [5.41, 5.74) is 2.95. The fraction of sp³-hybridized carbons (Fsp3) is 0.600. The van der Waals surface area contributed by atoms with Crippen LogP contribution in [0, 0.1) is 20.8 Å². The number of carbonyl (C=O) groups is 2. The zero-order chi connectivity index (χ0) is 17.0. The number of ether oxygens (including phenoxy) is 1. The van der Waals surface area contributed by atoms with Gasteiger partial charge in [-0.1, -0.05) is 11.8 Å². The molecule has 1 fully saturated rings. The fourth-order valence-electron chi connectivity index (χ4n) is 2.17. The van der Waals surface area contributed by atoms with Gasteiger partial charge in [-0.3, -0.25) is 9.59 Å². The monoisotopic (exact) mass is 355 g/mol. The molecule has 0 aliphatic carbocycles. The maximum absolute atomic E-state index is 12.4. The van der Waals surface area contributed by atoms with Crippen LogP contribution in [0.3, 0.4) is 0 Å². The van der Waals surface area contributed by atoms with Crippen LogP contribution >= 0.6 is 23.5 Å². The van der Waals surface area contributed by atoms with Gasteiger partial charge in [-0.2, -0.15) is 0 Å². The van der Waals surface area contributed by atoms with Crippen molar-refractivity contribution in [1.29, 1.82) is 0 Å². The predicted molar refractivity (Wildman–Crippen MR) is 91.8 cm³/mol. The molecule has 0 N–H and O–H groups in total. The lowest BCUT2D eigenvalue weighted by Gasteiger charge is -2.30. The molecule has 1 aliphatic rings. The highest BCUT2D eigenvalue weighted by molar-refractivity contribution is 8.00. The molecule has 1 atom stereocenters. The van der Waals surface area contributed by atoms with E-state index in [-0.39, 0.29) is 22.9 Å². The van der Waals surface area contributed by atoms with Gasteiger partial charge in [0.25, 0.3) is 0 Å². The molecular weight excluding hydrogens is 334 g/mol. The highest BCUT2D eigenvalue weighted by atomic mass is 32.2. The summed E-state index contributed by atoms with van der Waals surface area (Å²) in [5.74, 6) is 0.757. The lowest BCUT2D eigenvalue weighted by atomic mass is 10.2. The normalized spacial score (nSPS) is 17.9. The van der Waals surface area contributed by atoms with Gasteiger partial charge in [-0.25, -0.2) is 9.97 Å². The van der Waals surface area contributed by atoms with Crippen LogP contribution in [-0.4, -0.2) is 63.7 Å². The molecule has 0 bridgehead atoms. The Balaban J connectivity index is 1.93. The molecule has 1 aromatic heterocycles. The molecule has 6 nitrogen and oxygen atoms in total. The average Bonchev–Trinajstić information content (AvgIpc) is 2.56. The zero-order valence-electron chi connectivity index (χ0n) is 13.8. The van der Waals surface area contributed by atoms with Crippen LogP contribution in [-0.2, 0) is 14.3 Å². The standard InChI is InChI=1S/C15H21N3O3S2/c1-9-10(2)16-15(17-11(9)3)23-8-13(19)18-5-6-22-12(7-18)14(20)21-4/h12H,5-8H2,1-4H3/t12-/m0/s1. The number of amides is 1. The summed E-state index contributed by atoms with van der Waals surface area (Å²) in [5, 5.41) is 0.331. The summed E-state index contributed by atoms with van der Waals surface area (Å²) < 4.78 is 4.76. The average molecular weight is 355 g/mol. The first kappa shape index (κ1) is 18.1. The molecule has 8 heteroatoms. The van der Waals surface area contributed by atoms with Crippen molar-refractivity contribution < 1.29 is 14.3 Å². The summed E-state index contributed by atoms with van der Waals surface area (Å²) in [6, 6.07) is 0. The van der Waals surface area contributed by atoms with Gasteiger partial charge in [0.2, 0.25) is 5.91 Å². The molecular formula is C15H21N3O3S2. The van der Waals surface area contributed by atoms with E-state index in [2.05, 4.69) is 9.97 Å².